The minimum atomic E-state index is -0.0955. The van der Waals surface area contributed by atoms with Gasteiger partial charge in [-0.1, -0.05) is 11.8 Å². The second kappa shape index (κ2) is 7.00. The number of carbonyl (C=O) groups is 1. The zero-order valence-corrected chi connectivity index (χ0v) is 14.2. The standard InChI is InChI=1S/C15H25N5OS/c1-11(14(21)20-9-3-4-10-20)22-15-18-17-13(19(15)2)12-5-7-16-8-6-12/h11-12,16H,3-10H2,1-2H3/t11-/m1/s1. The van der Waals surface area contributed by atoms with E-state index in [1.165, 1.54) is 11.8 Å². The van der Waals surface area contributed by atoms with Gasteiger partial charge in [0.25, 0.3) is 0 Å². The summed E-state index contributed by atoms with van der Waals surface area (Å²) < 4.78 is 2.08. The van der Waals surface area contributed by atoms with Crippen LogP contribution in [0.1, 0.15) is 44.3 Å². The first kappa shape index (κ1) is 15.8. The van der Waals surface area contributed by atoms with Crippen molar-refractivity contribution in [3.05, 3.63) is 5.82 Å². The fourth-order valence-corrected chi connectivity index (χ4v) is 4.17. The highest BCUT2D eigenvalue weighted by atomic mass is 32.2. The van der Waals surface area contributed by atoms with Crippen molar-refractivity contribution in [1.82, 2.24) is 25.0 Å². The van der Waals surface area contributed by atoms with Crippen LogP contribution in [-0.4, -0.2) is 57.0 Å². The van der Waals surface area contributed by atoms with Gasteiger partial charge in [0.15, 0.2) is 5.16 Å². The fourth-order valence-electron chi connectivity index (χ4n) is 3.27. The first-order valence-electron chi connectivity index (χ1n) is 8.22. The van der Waals surface area contributed by atoms with Gasteiger partial charge in [-0.15, -0.1) is 10.2 Å². The largest absolute Gasteiger partial charge is 0.342 e. The van der Waals surface area contributed by atoms with E-state index in [-0.39, 0.29) is 11.2 Å². The number of likely N-dealkylation sites (tertiary alicyclic amines) is 1. The molecule has 1 N–H and O–H groups in total. The number of carbonyl (C=O) groups excluding carboxylic acids is 1. The van der Waals surface area contributed by atoms with Crippen LogP contribution in [0.2, 0.25) is 0 Å². The van der Waals surface area contributed by atoms with Crippen LogP contribution in [0.5, 0.6) is 0 Å². The highest BCUT2D eigenvalue weighted by Gasteiger charge is 2.27. The van der Waals surface area contributed by atoms with Gasteiger partial charge < -0.3 is 14.8 Å². The number of amides is 1. The molecule has 1 amide bonds. The molecule has 22 heavy (non-hydrogen) atoms. The number of nitrogens with zero attached hydrogens (tertiary/aromatic N) is 4. The Morgan fingerprint density at radius 3 is 2.64 bits per heavy atom. The first-order valence-corrected chi connectivity index (χ1v) is 9.10. The molecule has 7 heteroatoms. The van der Waals surface area contributed by atoms with E-state index in [2.05, 4.69) is 20.1 Å². The monoisotopic (exact) mass is 323 g/mol. The molecular weight excluding hydrogens is 298 g/mol. The van der Waals surface area contributed by atoms with E-state index < -0.39 is 0 Å². The van der Waals surface area contributed by atoms with Gasteiger partial charge in [-0.05, 0) is 45.7 Å². The Balaban J connectivity index is 1.64. The van der Waals surface area contributed by atoms with Gasteiger partial charge in [0.1, 0.15) is 5.82 Å². The van der Waals surface area contributed by atoms with E-state index in [0.29, 0.717) is 5.92 Å². The summed E-state index contributed by atoms with van der Waals surface area (Å²) in [6, 6.07) is 0. The summed E-state index contributed by atoms with van der Waals surface area (Å²) in [5, 5.41) is 12.8. The highest BCUT2D eigenvalue weighted by Crippen LogP contribution is 2.29. The van der Waals surface area contributed by atoms with E-state index in [4.69, 9.17) is 0 Å². The number of thioether (sulfide) groups is 1. The van der Waals surface area contributed by atoms with E-state index in [1.54, 1.807) is 0 Å². The second-order valence-electron chi connectivity index (χ2n) is 6.22. The normalized spacial score (nSPS) is 21.3. The fraction of sp³-hybridized carbons (Fsp3) is 0.800. The number of nitrogens with one attached hydrogen (secondary N) is 1. The van der Waals surface area contributed by atoms with Gasteiger partial charge in [-0.3, -0.25) is 4.79 Å². The van der Waals surface area contributed by atoms with Crippen LogP contribution < -0.4 is 5.32 Å². The maximum absolute atomic E-state index is 12.4. The molecule has 0 saturated carbocycles. The molecule has 1 atom stereocenters. The molecule has 1 aromatic heterocycles. The van der Waals surface area contributed by atoms with Gasteiger partial charge >= 0.3 is 0 Å². The number of piperidine rings is 1. The summed E-state index contributed by atoms with van der Waals surface area (Å²) in [4.78, 5) is 14.4. The summed E-state index contributed by atoms with van der Waals surface area (Å²) in [6.45, 7) is 5.88. The lowest BCUT2D eigenvalue weighted by Gasteiger charge is -2.22. The van der Waals surface area contributed by atoms with Crippen molar-refractivity contribution in [3.8, 4) is 0 Å². The Hall–Kier alpha value is -1.08. The molecule has 3 rings (SSSR count). The van der Waals surface area contributed by atoms with Crippen molar-refractivity contribution in [2.45, 2.75) is 48.9 Å². The van der Waals surface area contributed by atoms with E-state index in [0.717, 1.165) is 62.8 Å². The molecule has 0 spiro atoms. The Bertz CT molecular complexity index is 520. The van der Waals surface area contributed by atoms with Crippen LogP contribution in [0.25, 0.3) is 0 Å². The van der Waals surface area contributed by atoms with Gasteiger partial charge in [0, 0.05) is 26.1 Å². The average Bonchev–Trinajstić information content (AvgIpc) is 3.18. The molecule has 1 aromatic rings. The Labute approximate surface area is 136 Å². The van der Waals surface area contributed by atoms with E-state index in [9.17, 15) is 4.79 Å². The SMILES string of the molecule is C[C@@H](Sc1nnc(C2CCNCC2)n1C)C(=O)N1CCCC1. The summed E-state index contributed by atoms with van der Waals surface area (Å²) >= 11 is 1.53. The summed E-state index contributed by atoms with van der Waals surface area (Å²) in [7, 11) is 2.02. The smallest absolute Gasteiger partial charge is 0.235 e. The van der Waals surface area contributed by atoms with Crippen LogP contribution in [0.4, 0.5) is 0 Å². The molecule has 2 aliphatic heterocycles. The van der Waals surface area contributed by atoms with Crippen molar-refractivity contribution in [2.75, 3.05) is 26.2 Å². The minimum Gasteiger partial charge on any atom is -0.342 e. The molecule has 122 valence electrons. The first-order chi connectivity index (χ1) is 10.7. The third kappa shape index (κ3) is 3.30. The highest BCUT2D eigenvalue weighted by molar-refractivity contribution is 8.00. The van der Waals surface area contributed by atoms with Crippen LogP contribution >= 0.6 is 11.8 Å². The maximum Gasteiger partial charge on any atom is 0.235 e. The number of rotatable bonds is 4. The predicted octanol–water partition coefficient (Wildman–Crippen LogP) is 1.39. The van der Waals surface area contributed by atoms with Crippen molar-refractivity contribution >= 4 is 17.7 Å². The third-order valence-electron chi connectivity index (χ3n) is 4.62. The third-order valence-corrected chi connectivity index (χ3v) is 5.74. The molecule has 0 radical (unpaired) electrons. The van der Waals surface area contributed by atoms with Gasteiger partial charge in [0.05, 0.1) is 5.25 Å². The zero-order valence-electron chi connectivity index (χ0n) is 13.4. The molecule has 6 nitrogen and oxygen atoms in total. The molecule has 2 fully saturated rings. The van der Waals surface area contributed by atoms with Crippen molar-refractivity contribution in [1.29, 1.82) is 0 Å². The van der Waals surface area contributed by atoms with Crippen molar-refractivity contribution in [2.24, 2.45) is 7.05 Å². The molecular formula is C15H25N5OS. The predicted molar refractivity (Wildman–Crippen MR) is 87.0 cm³/mol. The Kier molecular flexibility index (Phi) is 5.03. The molecule has 2 saturated heterocycles. The van der Waals surface area contributed by atoms with Gasteiger partial charge in [0.2, 0.25) is 5.91 Å². The topological polar surface area (TPSA) is 63.1 Å². The number of hydrogen-bond donors (Lipinski definition) is 1. The summed E-state index contributed by atoms with van der Waals surface area (Å²) in [5.74, 6) is 1.77. The summed E-state index contributed by atoms with van der Waals surface area (Å²) in [6.07, 6.45) is 4.48. The van der Waals surface area contributed by atoms with Crippen LogP contribution in [0.15, 0.2) is 5.16 Å². The van der Waals surface area contributed by atoms with Crippen LogP contribution in [0, 0.1) is 0 Å². The Morgan fingerprint density at radius 2 is 1.95 bits per heavy atom. The van der Waals surface area contributed by atoms with Crippen LogP contribution in [-0.2, 0) is 11.8 Å². The van der Waals surface area contributed by atoms with Crippen LogP contribution in [0.3, 0.4) is 0 Å². The van der Waals surface area contributed by atoms with E-state index >= 15 is 0 Å². The van der Waals surface area contributed by atoms with Crippen molar-refractivity contribution in [3.63, 3.8) is 0 Å². The molecule has 2 aliphatic rings. The van der Waals surface area contributed by atoms with Gasteiger partial charge in [-0.25, -0.2) is 0 Å². The molecule has 0 aliphatic carbocycles. The Morgan fingerprint density at radius 1 is 1.27 bits per heavy atom. The van der Waals surface area contributed by atoms with E-state index in [1.807, 2.05) is 18.9 Å². The van der Waals surface area contributed by atoms with Crippen molar-refractivity contribution < 1.29 is 4.79 Å². The minimum absolute atomic E-state index is 0.0955. The molecule has 0 bridgehead atoms. The lowest BCUT2D eigenvalue weighted by Crippen LogP contribution is -2.34. The quantitative estimate of drug-likeness (QED) is 0.848. The average molecular weight is 323 g/mol. The lowest BCUT2D eigenvalue weighted by atomic mass is 9.97. The maximum atomic E-state index is 12.4. The molecule has 0 unspecified atom stereocenters. The zero-order chi connectivity index (χ0) is 15.5. The second-order valence-corrected chi connectivity index (χ2v) is 7.52. The summed E-state index contributed by atoms with van der Waals surface area (Å²) in [5.41, 5.74) is 0. The van der Waals surface area contributed by atoms with Gasteiger partial charge in [-0.2, -0.15) is 0 Å². The lowest BCUT2D eigenvalue weighted by molar-refractivity contribution is -0.129. The molecule has 0 aromatic carbocycles. The number of hydrogen-bond acceptors (Lipinski definition) is 5. The molecule has 3 heterocycles. The number of aromatic nitrogens is 3.